The van der Waals surface area contributed by atoms with Crippen molar-refractivity contribution in [1.29, 1.82) is 0 Å². The van der Waals surface area contributed by atoms with Gasteiger partial charge >= 0.3 is 0 Å². The van der Waals surface area contributed by atoms with Crippen LogP contribution in [0.3, 0.4) is 0 Å². The van der Waals surface area contributed by atoms with Crippen molar-refractivity contribution in [3.8, 4) is 5.75 Å². The van der Waals surface area contributed by atoms with Crippen LogP contribution in [-0.2, 0) is 14.8 Å². The molecule has 0 bridgehead atoms. The molecule has 2 fully saturated rings. The van der Waals surface area contributed by atoms with Gasteiger partial charge in [-0.3, -0.25) is 9.69 Å². The van der Waals surface area contributed by atoms with Gasteiger partial charge in [-0.1, -0.05) is 23.7 Å². The number of halogens is 1. The number of carbonyl (C=O) groups excluding carboxylic acids is 1. The molecule has 10 heteroatoms. The summed E-state index contributed by atoms with van der Waals surface area (Å²) in [6.45, 7) is 5.24. The lowest BCUT2D eigenvalue weighted by Gasteiger charge is -2.35. The van der Waals surface area contributed by atoms with E-state index < -0.39 is 10.0 Å². The molecule has 4 rings (SSSR count). The van der Waals surface area contributed by atoms with E-state index in [4.69, 9.17) is 16.3 Å². The summed E-state index contributed by atoms with van der Waals surface area (Å²) in [6.07, 6.45) is 2.08. The Bertz CT molecular complexity index is 1030. The maximum atomic E-state index is 13.0. The van der Waals surface area contributed by atoms with Gasteiger partial charge in [-0.05, 0) is 56.1 Å². The Labute approximate surface area is 198 Å². The molecular weight excluding hydrogens is 470 g/mol. The van der Waals surface area contributed by atoms with E-state index in [2.05, 4.69) is 17.0 Å². The SMILES string of the molecule is CCOc1ccc(C2CCCN2CC(=O)N2CCN(S(=O)(=O)c3ccc(Cl)s3)CC2)cc1. The van der Waals surface area contributed by atoms with E-state index in [0.29, 0.717) is 43.7 Å². The van der Waals surface area contributed by atoms with Crippen molar-refractivity contribution in [2.75, 3.05) is 45.9 Å². The summed E-state index contributed by atoms with van der Waals surface area (Å²) in [5.74, 6) is 0.911. The quantitative estimate of drug-likeness (QED) is 0.585. The predicted octanol–water partition coefficient (Wildman–Crippen LogP) is 3.47. The normalized spacial score (nSPS) is 20.6. The van der Waals surface area contributed by atoms with Crippen molar-refractivity contribution in [2.24, 2.45) is 0 Å². The van der Waals surface area contributed by atoms with Crippen LogP contribution in [0.25, 0.3) is 0 Å². The summed E-state index contributed by atoms with van der Waals surface area (Å²) in [4.78, 5) is 17.0. The highest BCUT2D eigenvalue weighted by Gasteiger charge is 2.33. The van der Waals surface area contributed by atoms with Crippen LogP contribution in [0.15, 0.2) is 40.6 Å². The van der Waals surface area contributed by atoms with Crippen molar-refractivity contribution in [2.45, 2.75) is 30.0 Å². The fraction of sp³-hybridized carbons (Fsp3) is 0.500. The second kappa shape index (κ2) is 10.1. The Morgan fingerprint density at radius 3 is 2.44 bits per heavy atom. The van der Waals surface area contributed by atoms with Gasteiger partial charge in [-0.15, -0.1) is 11.3 Å². The van der Waals surface area contributed by atoms with E-state index in [1.165, 1.54) is 15.9 Å². The molecule has 32 heavy (non-hydrogen) atoms. The zero-order valence-electron chi connectivity index (χ0n) is 18.1. The van der Waals surface area contributed by atoms with Gasteiger partial charge in [0.25, 0.3) is 10.0 Å². The summed E-state index contributed by atoms with van der Waals surface area (Å²) < 4.78 is 33.2. The van der Waals surface area contributed by atoms with Gasteiger partial charge in [0.15, 0.2) is 0 Å². The number of likely N-dealkylation sites (tertiary alicyclic amines) is 1. The molecule has 1 unspecified atom stereocenters. The number of benzene rings is 1. The Morgan fingerprint density at radius 1 is 1.09 bits per heavy atom. The van der Waals surface area contributed by atoms with E-state index in [1.807, 2.05) is 19.1 Å². The molecule has 1 atom stereocenters. The highest BCUT2D eigenvalue weighted by Crippen LogP contribution is 2.33. The molecule has 0 radical (unpaired) electrons. The predicted molar refractivity (Wildman–Crippen MR) is 126 cm³/mol. The fourth-order valence-electron chi connectivity index (χ4n) is 4.36. The molecule has 7 nitrogen and oxygen atoms in total. The van der Waals surface area contributed by atoms with Gasteiger partial charge in [0.2, 0.25) is 5.91 Å². The van der Waals surface area contributed by atoms with Gasteiger partial charge in [-0.25, -0.2) is 8.42 Å². The van der Waals surface area contributed by atoms with Crippen LogP contribution in [0.1, 0.15) is 31.4 Å². The minimum atomic E-state index is -3.56. The van der Waals surface area contributed by atoms with Crippen LogP contribution in [0, 0.1) is 0 Å². The molecule has 1 aromatic heterocycles. The number of hydrogen-bond donors (Lipinski definition) is 0. The van der Waals surface area contributed by atoms with Crippen LogP contribution in [-0.4, -0.2) is 74.3 Å². The number of thiophene rings is 1. The van der Waals surface area contributed by atoms with Crippen LogP contribution < -0.4 is 4.74 Å². The molecule has 1 amide bonds. The Hall–Kier alpha value is -1.65. The monoisotopic (exact) mass is 497 g/mol. The van der Waals surface area contributed by atoms with E-state index in [1.54, 1.807) is 11.0 Å². The average Bonchev–Trinajstić information content (AvgIpc) is 3.44. The number of ether oxygens (including phenoxy) is 1. The number of carbonyl (C=O) groups is 1. The fourth-order valence-corrected chi connectivity index (χ4v) is 7.42. The number of hydrogen-bond acceptors (Lipinski definition) is 6. The number of nitrogens with zero attached hydrogens (tertiary/aromatic N) is 3. The largest absolute Gasteiger partial charge is 0.494 e. The summed E-state index contributed by atoms with van der Waals surface area (Å²) in [5, 5.41) is 0. The van der Waals surface area contributed by atoms with Crippen LogP contribution in [0.4, 0.5) is 0 Å². The summed E-state index contributed by atoms with van der Waals surface area (Å²) in [5.41, 5.74) is 1.20. The second-order valence-electron chi connectivity index (χ2n) is 7.97. The third-order valence-electron chi connectivity index (χ3n) is 6.01. The van der Waals surface area contributed by atoms with Crippen LogP contribution >= 0.6 is 22.9 Å². The van der Waals surface area contributed by atoms with Crippen molar-refractivity contribution in [3.05, 3.63) is 46.3 Å². The van der Waals surface area contributed by atoms with Gasteiger partial charge in [-0.2, -0.15) is 4.31 Å². The molecule has 1 aromatic carbocycles. The van der Waals surface area contributed by atoms with E-state index >= 15 is 0 Å². The Morgan fingerprint density at radius 2 is 1.81 bits per heavy atom. The Balaban J connectivity index is 1.33. The zero-order valence-corrected chi connectivity index (χ0v) is 20.5. The van der Waals surface area contributed by atoms with Gasteiger partial charge in [0.05, 0.1) is 17.5 Å². The van der Waals surface area contributed by atoms with E-state index in [0.717, 1.165) is 36.5 Å². The minimum absolute atomic E-state index is 0.0547. The minimum Gasteiger partial charge on any atom is -0.494 e. The summed E-state index contributed by atoms with van der Waals surface area (Å²) in [7, 11) is -3.56. The standard InChI is InChI=1S/C22H28ClN3O4S2/c1-2-30-18-7-5-17(6-8-18)19-4-3-11-25(19)16-21(27)24-12-14-26(15-13-24)32(28,29)22-10-9-20(23)31-22/h5-10,19H,2-4,11-16H2,1H3. The van der Waals surface area contributed by atoms with Gasteiger partial charge in [0, 0.05) is 32.2 Å². The number of rotatable bonds is 7. The molecule has 174 valence electrons. The Kier molecular flexibility index (Phi) is 7.41. The molecule has 0 spiro atoms. The van der Waals surface area contributed by atoms with Gasteiger partial charge < -0.3 is 9.64 Å². The first-order valence-corrected chi connectivity index (χ1v) is 13.5. The first-order chi connectivity index (χ1) is 15.4. The van der Waals surface area contributed by atoms with E-state index in [9.17, 15) is 13.2 Å². The third-order valence-corrected chi connectivity index (χ3v) is 9.61. The van der Waals surface area contributed by atoms with Gasteiger partial charge in [0.1, 0.15) is 9.96 Å². The average molecular weight is 498 g/mol. The molecule has 2 saturated heterocycles. The molecule has 2 aromatic rings. The van der Waals surface area contributed by atoms with Crippen molar-refractivity contribution in [1.82, 2.24) is 14.1 Å². The molecule has 3 heterocycles. The lowest BCUT2D eigenvalue weighted by Crippen LogP contribution is -2.52. The zero-order chi connectivity index (χ0) is 22.7. The molecule has 0 saturated carbocycles. The van der Waals surface area contributed by atoms with Crippen molar-refractivity contribution >= 4 is 38.9 Å². The lowest BCUT2D eigenvalue weighted by atomic mass is 10.0. The van der Waals surface area contributed by atoms with E-state index in [-0.39, 0.29) is 16.2 Å². The maximum Gasteiger partial charge on any atom is 0.252 e. The molecule has 0 aliphatic carbocycles. The highest BCUT2D eigenvalue weighted by atomic mass is 35.5. The van der Waals surface area contributed by atoms with Crippen molar-refractivity contribution < 1.29 is 17.9 Å². The second-order valence-corrected chi connectivity index (χ2v) is 11.9. The van der Waals surface area contributed by atoms with Crippen LogP contribution in [0.5, 0.6) is 5.75 Å². The topological polar surface area (TPSA) is 70.2 Å². The lowest BCUT2D eigenvalue weighted by molar-refractivity contribution is -0.133. The first-order valence-electron chi connectivity index (χ1n) is 10.9. The summed E-state index contributed by atoms with van der Waals surface area (Å²) >= 11 is 6.96. The smallest absolute Gasteiger partial charge is 0.252 e. The number of piperazine rings is 1. The van der Waals surface area contributed by atoms with Crippen molar-refractivity contribution in [3.63, 3.8) is 0 Å². The third kappa shape index (κ3) is 5.12. The molecular formula is C22H28ClN3O4S2. The maximum absolute atomic E-state index is 13.0. The molecule has 2 aliphatic rings. The first kappa shape index (κ1) is 23.5. The molecule has 2 aliphatic heterocycles. The number of amides is 1. The van der Waals surface area contributed by atoms with Crippen LogP contribution in [0.2, 0.25) is 4.34 Å². The highest BCUT2D eigenvalue weighted by molar-refractivity contribution is 7.91. The molecule has 0 N–H and O–H groups in total. The number of sulfonamides is 1. The summed E-state index contributed by atoms with van der Waals surface area (Å²) in [6, 6.07) is 11.5.